The van der Waals surface area contributed by atoms with Gasteiger partial charge in [0.25, 0.3) is 5.91 Å². The van der Waals surface area contributed by atoms with Crippen molar-refractivity contribution < 1.29 is 28.3 Å². The zero-order valence-corrected chi connectivity index (χ0v) is 21.8. The summed E-state index contributed by atoms with van der Waals surface area (Å²) in [6.45, 7) is 5.77. The van der Waals surface area contributed by atoms with E-state index in [0.717, 1.165) is 56.3 Å². The van der Waals surface area contributed by atoms with Crippen molar-refractivity contribution in [3.63, 3.8) is 0 Å². The Bertz CT molecular complexity index is 1030. The molecule has 0 aliphatic carbocycles. The quantitative estimate of drug-likeness (QED) is 0.370. The van der Waals surface area contributed by atoms with Gasteiger partial charge in [-0.3, -0.25) is 4.79 Å². The Balaban J connectivity index is 1.86. The molecule has 7 nitrogen and oxygen atoms in total. The van der Waals surface area contributed by atoms with E-state index in [1.165, 1.54) is 7.11 Å². The van der Waals surface area contributed by atoms with Crippen LogP contribution < -0.4 is 5.32 Å². The van der Waals surface area contributed by atoms with E-state index < -0.39 is 12.0 Å². The Morgan fingerprint density at radius 2 is 1.67 bits per heavy atom. The second-order valence-electron chi connectivity index (χ2n) is 9.67. The monoisotopic (exact) mass is 495 g/mol. The summed E-state index contributed by atoms with van der Waals surface area (Å²) in [4.78, 5) is 39.3. The second-order valence-corrected chi connectivity index (χ2v) is 9.67. The van der Waals surface area contributed by atoms with Crippen LogP contribution in [0.3, 0.4) is 0 Å². The average molecular weight is 496 g/mol. The number of rotatable bonds is 10. The summed E-state index contributed by atoms with van der Waals surface area (Å²) in [5, 5.41) is 3.05. The SMILES string of the molecule is CCCC(C(=O)Nc1c(C)cccc1C(=O)OC)[N+]1(CC(=O)OCc2ccccc2)CCCCCC1. The number of para-hydroxylation sites is 1. The highest BCUT2D eigenvalue weighted by Gasteiger charge is 2.44. The van der Waals surface area contributed by atoms with Crippen molar-refractivity contribution in [1.82, 2.24) is 0 Å². The number of quaternary nitrogens is 1. The zero-order chi connectivity index (χ0) is 26.0. The number of methoxy groups -OCH3 is 1. The summed E-state index contributed by atoms with van der Waals surface area (Å²) < 4.78 is 11.0. The number of ether oxygens (including phenoxy) is 2. The van der Waals surface area contributed by atoms with Crippen LogP contribution in [-0.2, 0) is 25.7 Å². The first-order valence-corrected chi connectivity index (χ1v) is 12.9. The molecule has 1 N–H and O–H groups in total. The van der Waals surface area contributed by atoms with E-state index in [1.807, 2.05) is 43.3 Å². The van der Waals surface area contributed by atoms with E-state index in [9.17, 15) is 14.4 Å². The topological polar surface area (TPSA) is 81.7 Å². The number of likely N-dealkylation sites (tertiary alicyclic amines) is 1. The maximum Gasteiger partial charge on any atom is 0.362 e. The van der Waals surface area contributed by atoms with Crippen molar-refractivity contribution in [2.75, 3.05) is 32.1 Å². The van der Waals surface area contributed by atoms with E-state index >= 15 is 0 Å². The zero-order valence-electron chi connectivity index (χ0n) is 21.8. The van der Waals surface area contributed by atoms with Crippen LogP contribution in [0.5, 0.6) is 0 Å². The molecule has 0 bridgehead atoms. The van der Waals surface area contributed by atoms with Crippen molar-refractivity contribution in [1.29, 1.82) is 0 Å². The number of carbonyl (C=O) groups excluding carboxylic acids is 3. The normalized spacial score (nSPS) is 15.9. The molecule has 1 atom stereocenters. The van der Waals surface area contributed by atoms with Gasteiger partial charge < -0.3 is 19.3 Å². The van der Waals surface area contributed by atoms with E-state index in [4.69, 9.17) is 9.47 Å². The van der Waals surface area contributed by atoms with Gasteiger partial charge in [-0.2, -0.15) is 0 Å². The van der Waals surface area contributed by atoms with Gasteiger partial charge in [-0.15, -0.1) is 0 Å². The summed E-state index contributed by atoms with van der Waals surface area (Å²) in [5.74, 6) is -0.959. The molecule has 2 aromatic rings. The third-order valence-corrected chi connectivity index (χ3v) is 7.10. The molecule has 3 rings (SSSR count). The van der Waals surface area contributed by atoms with Gasteiger partial charge in [0.15, 0.2) is 12.6 Å². The van der Waals surface area contributed by atoms with Gasteiger partial charge in [-0.05, 0) is 56.2 Å². The summed E-state index contributed by atoms with van der Waals surface area (Å²) in [6.07, 6.45) is 5.52. The van der Waals surface area contributed by atoms with Crippen LogP contribution in [0.25, 0.3) is 0 Å². The van der Waals surface area contributed by atoms with Crippen molar-refractivity contribution >= 4 is 23.5 Å². The Labute approximate surface area is 214 Å². The number of carbonyl (C=O) groups is 3. The number of anilines is 1. The van der Waals surface area contributed by atoms with Crippen LogP contribution in [0.1, 0.15) is 66.9 Å². The Morgan fingerprint density at radius 3 is 2.31 bits per heavy atom. The molecule has 1 aliphatic rings. The molecule has 0 aromatic heterocycles. The smallest absolute Gasteiger partial charge is 0.362 e. The lowest BCUT2D eigenvalue weighted by molar-refractivity contribution is -0.935. The van der Waals surface area contributed by atoms with Gasteiger partial charge in [-0.25, -0.2) is 9.59 Å². The molecule has 0 radical (unpaired) electrons. The molecule has 7 heteroatoms. The van der Waals surface area contributed by atoms with E-state index in [0.29, 0.717) is 22.2 Å². The van der Waals surface area contributed by atoms with E-state index in [2.05, 4.69) is 12.2 Å². The number of amides is 1. The number of hydrogen-bond donors (Lipinski definition) is 1. The molecule has 1 amide bonds. The first-order valence-electron chi connectivity index (χ1n) is 12.9. The van der Waals surface area contributed by atoms with Crippen LogP contribution in [0.2, 0.25) is 0 Å². The number of nitrogens with zero attached hydrogens (tertiary/aromatic N) is 1. The predicted octanol–water partition coefficient (Wildman–Crippen LogP) is 5.02. The first kappa shape index (κ1) is 27.4. The summed E-state index contributed by atoms with van der Waals surface area (Å²) >= 11 is 0. The van der Waals surface area contributed by atoms with E-state index in [1.54, 1.807) is 12.1 Å². The Kier molecular flexibility index (Phi) is 10.1. The van der Waals surface area contributed by atoms with Crippen molar-refractivity contribution in [3.05, 3.63) is 65.2 Å². The molecule has 2 aromatic carbocycles. The lowest BCUT2D eigenvalue weighted by Crippen LogP contribution is -2.62. The van der Waals surface area contributed by atoms with Gasteiger partial charge in [-0.1, -0.05) is 49.4 Å². The fourth-order valence-corrected chi connectivity index (χ4v) is 5.19. The molecule has 1 saturated heterocycles. The van der Waals surface area contributed by atoms with Gasteiger partial charge in [0.05, 0.1) is 31.5 Å². The molecule has 194 valence electrons. The largest absolute Gasteiger partial charge is 0.465 e. The fourth-order valence-electron chi connectivity index (χ4n) is 5.19. The van der Waals surface area contributed by atoms with E-state index in [-0.39, 0.29) is 25.0 Å². The maximum atomic E-state index is 13.9. The molecule has 0 saturated carbocycles. The first-order chi connectivity index (χ1) is 17.4. The third kappa shape index (κ3) is 6.94. The Morgan fingerprint density at radius 1 is 0.972 bits per heavy atom. The molecule has 1 aliphatic heterocycles. The maximum absolute atomic E-state index is 13.9. The summed E-state index contributed by atoms with van der Waals surface area (Å²) in [7, 11) is 1.33. The lowest BCUT2D eigenvalue weighted by atomic mass is 10.0. The van der Waals surface area contributed by atoms with Crippen molar-refractivity contribution in [2.24, 2.45) is 0 Å². The Hall–Kier alpha value is -3.19. The number of esters is 2. The number of aryl methyl sites for hydroxylation is 1. The third-order valence-electron chi connectivity index (χ3n) is 7.10. The molecule has 1 heterocycles. The number of nitrogens with one attached hydrogen (secondary N) is 1. The summed E-state index contributed by atoms with van der Waals surface area (Å²) in [5.41, 5.74) is 2.51. The van der Waals surface area contributed by atoms with Crippen molar-refractivity contribution in [3.8, 4) is 0 Å². The molecular weight excluding hydrogens is 456 g/mol. The van der Waals surface area contributed by atoms with Gasteiger partial charge >= 0.3 is 11.9 Å². The molecular formula is C29H39N2O5+. The van der Waals surface area contributed by atoms with Gasteiger partial charge in [0.2, 0.25) is 0 Å². The van der Waals surface area contributed by atoms with Crippen LogP contribution in [0, 0.1) is 6.92 Å². The minimum atomic E-state index is -0.496. The fraction of sp³-hybridized carbons (Fsp3) is 0.483. The number of hydrogen-bond acceptors (Lipinski definition) is 5. The molecule has 36 heavy (non-hydrogen) atoms. The highest BCUT2D eigenvalue weighted by atomic mass is 16.5. The van der Waals surface area contributed by atoms with Crippen LogP contribution >= 0.6 is 0 Å². The second kappa shape index (κ2) is 13.2. The molecule has 1 fully saturated rings. The lowest BCUT2D eigenvalue weighted by Gasteiger charge is -2.42. The van der Waals surface area contributed by atoms with Crippen LogP contribution in [-0.4, -0.2) is 55.1 Å². The predicted molar refractivity (Wildman–Crippen MR) is 139 cm³/mol. The number of benzene rings is 2. The average Bonchev–Trinajstić information content (AvgIpc) is 3.13. The molecule has 0 spiro atoms. The van der Waals surface area contributed by atoms with Gasteiger partial charge in [0.1, 0.15) is 6.61 Å². The standard InChI is InChI=1S/C29H38N2O5/c1-4-13-25(28(33)30-27-22(2)14-12-17-24(27)29(34)35-3)31(18-10-5-6-11-19-31)20-26(32)36-21-23-15-8-7-9-16-23/h7-9,12,14-17,25H,4-6,10-11,13,18-21H2,1-3H3/p+1. The minimum Gasteiger partial charge on any atom is -0.465 e. The highest BCUT2D eigenvalue weighted by Crippen LogP contribution is 2.28. The van der Waals surface area contributed by atoms with Crippen molar-refractivity contribution in [2.45, 2.75) is 65.0 Å². The molecule has 1 unspecified atom stereocenters. The van der Waals surface area contributed by atoms with Gasteiger partial charge in [0, 0.05) is 6.42 Å². The highest BCUT2D eigenvalue weighted by molar-refractivity contribution is 6.03. The van der Waals surface area contributed by atoms with Crippen LogP contribution in [0.15, 0.2) is 48.5 Å². The minimum absolute atomic E-state index is 0.155. The summed E-state index contributed by atoms with van der Waals surface area (Å²) in [6, 6.07) is 14.5. The van der Waals surface area contributed by atoms with Crippen LogP contribution in [0.4, 0.5) is 5.69 Å².